The number of aliphatic hydroxyl groups is 1. The maximum absolute atomic E-state index is 10.8. The molecular formula is C13H16N4O3. The topological polar surface area (TPSA) is 91.0 Å². The Balaban J connectivity index is 1.90. The molecule has 1 saturated heterocycles. The van der Waals surface area contributed by atoms with Crippen LogP contribution < -0.4 is 5.43 Å². The summed E-state index contributed by atoms with van der Waals surface area (Å²) in [6, 6.07) is 5.92. The summed E-state index contributed by atoms with van der Waals surface area (Å²) >= 11 is 0. The van der Waals surface area contributed by atoms with Crippen LogP contribution in [0.2, 0.25) is 0 Å². The standard InChI is InChI=1S/C13H16N4O3/c18-13(10-5-7-11(8-6-10)17(19)20)15-14-12-4-2-1-3-9-16(12)13/h5-8,15,18H,1-4,9H2. The molecule has 0 amide bonds. The summed E-state index contributed by atoms with van der Waals surface area (Å²) in [6.45, 7) is 0.722. The number of nitro groups is 1. The Hall–Kier alpha value is -2.15. The second kappa shape index (κ2) is 4.75. The van der Waals surface area contributed by atoms with Gasteiger partial charge in [0.15, 0.2) is 0 Å². The van der Waals surface area contributed by atoms with Gasteiger partial charge in [-0.1, -0.05) is 6.42 Å². The molecule has 0 saturated carbocycles. The van der Waals surface area contributed by atoms with Crippen LogP contribution in [0, 0.1) is 10.1 Å². The lowest BCUT2D eigenvalue weighted by Gasteiger charge is -2.34. The van der Waals surface area contributed by atoms with Gasteiger partial charge in [-0.05, 0) is 25.0 Å². The van der Waals surface area contributed by atoms with Crippen molar-refractivity contribution in [2.24, 2.45) is 5.10 Å². The number of nitrogens with one attached hydrogen (secondary N) is 1. The Labute approximate surface area is 116 Å². The zero-order chi connectivity index (χ0) is 14.2. The Bertz CT molecular complexity index is 557. The van der Waals surface area contributed by atoms with E-state index in [0.717, 1.165) is 38.1 Å². The third-order valence-electron chi connectivity index (χ3n) is 3.81. The van der Waals surface area contributed by atoms with Crippen LogP contribution in [0.15, 0.2) is 29.4 Å². The molecule has 0 spiro atoms. The second-order valence-electron chi connectivity index (χ2n) is 5.08. The second-order valence-corrected chi connectivity index (χ2v) is 5.08. The lowest BCUT2D eigenvalue weighted by molar-refractivity contribution is -0.384. The molecule has 3 rings (SSSR count). The minimum atomic E-state index is -1.39. The minimum absolute atomic E-state index is 0.00681. The molecule has 2 heterocycles. The summed E-state index contributed by atoms with van der Waals surface area (Å²) < 4.78 is 0. The number of hydrazone groups is 1. The number of rotatable bonds is 2. The van der Waals surface area contributed by atoms with E-state index in [-0.39, 0.29) is 5.69 Å². The summed E-state index contributed by atoms with van der Waals surface area (Å²) in [7, 11) is 0. The van der Waals surface area contributed by atoms with Crippen molar-refractivity contribution in [2.45, 2.75) is 31.5 Å². The molecule has 2 N–H and O–H groups in total. The smallest absolute Gasteiger partial charge is 0.269 e. The van der Waals surface area contributed by atoms with Gasteiger partial charge in [0, 0.05) is 30.7 Å². The van der Waals surface area contributed by atoms with E-state index in [1.54, 1.807) is 12.1 Å². The van der Waals surface area contributed by atoms with E-state index in [0.29, 0.717) is 5.56 Å². The van der Waals surface area contributed by atoms with Crippen molar-refractivity contribution in [1.29, 1.82) is 0 Å². The third kappa shape index (κ3) is 2.00. The molecule has 1 fully saturated rings. The van der Waals surface area contributed by atoms with Gasteiger partial charge in [0.25, 0.3) is 11.5 Å². The number of nitro benzene ring substituents is 1. The zero-order valence-corrected chi connectivity index (χ0v) is 11.0. The zero-order valence-electron chi connectivity index (χ0n) is 11.0. The number of nitrogens with zero attached hydrogens (tertiary/aromatic N) is 3. The number of hydrogen-bond donors (Lipinski definition) is 2. The predicted octanol–water partition coefficient (Wildman–Crippen LogP) is 1.49. The summed E-state index contributed by atoms with van der Waals surface area (Å²) in [5.41, 5.74) is 3.33. The van der Waals surface area contributed by atoms with Gasteiger partial charge >= 0.3 is 0 Å². The minimum Gasteiger partial charge on any atom is -0.349 e. The number of benzene rings is 1. The van der Waals surface area contributed by atoms with Crippen LogP contribution in [-0.4, -0.2) is 27.3 Å². The van der Waals surface area contributed by atoms with Gasteiger partial charge in [-0.3, -0.25) is 15.5 Å². The van der Waals surface area contributed by atoms with Gasteiger partial charge in [0.05, 0.1) is 4.92 Å². The van der Waals surface area contributed by atoms with Gasteiger partial charge in [0.2, 0.25) is 0 Å². The quantitative estimate of drug-likeness (QED) is 0.631. The Kier molecular flexibility index (Phi) is 3.06. The first kappa shape index (κ1) is 12.9. The maximum atomic E-state index is 10.8. The van der Waals surface area contributed by atoms with Crippen molar-refractivity contribution in [3.63, 3.8) is 0 Å². The van der Waals surface area contributed by atoms with Crippen molar-refractivity contribution in [3.8, 4) is 0 Å². The third-order valence-corrected chi connectivity index (χ3v) is 3.81. The Morgan fingerprint density at radius 3 is 2.75 bits per heavy atom. The molecule has 1 unspecified atom stereocenters. The predicted molar refractivity (Wildman–Crippen MR) is 72.7 cm³/mol. The van der Waals surface area contributed by atoms with Crippen LogP contribution >= 0.6 is 0 Å². The molecule has 0 aliphatic carbocycles. The Morgan fingerprint density at radius 2 is 2.05 bits per heavy atom. The average Bonchev–Trinajstić information content (AvgIpc) is 2.65. The molecule has 2 aliphatic heterocycles. The number of hydrogen-bond acceptors (Lipinski definition) is 6. The first-order valence-corrected chi connectivity index (χ1v) is 6.70. The molecule has 7 heteroatoms. The molecule has 1 atom stereocenters. The van der Waals surface area contributed by atoms with Crippen LogP contribution in [0.3, 0.4) is 0 Å². The van der Waals surface area contributed by atoms with E-state index in [9.17, 15) is 15.2 Å². The fourth-order valence-electron chi connectivity index (χ4n) is 2.70. The first-order chi connectivity index (χ1) is 9.61. The van der Waals surface area contributed by atoms with Crippen molar-refractivity contribution in [1.82, 2.24) is 10.3 Å². The molecule has 7 nitrogen and oxygen atoms in total. The van der Waals surface area contributed by atoms with E-state index in [1.165, 1.54) is 12.1 Å². The Morgan fingerprint density at radius 1 is 1.30 bits per heavy atom. The highest BCUT2D eigenvalue weighted by molar-refractivity contribution is 5.84. The number of amidine groups is 1. The molecular weight excluding hydrogens is 260 g/mol. The van der Waals surface area contributed by atoms with Crippen LogP contribution in [0.5, 0.6) is 0 Å². The van der Waals surface area contributed by atoms with Crippen molar-refractivity contribution in [3.05, 3.63) is 39.9 Å². The molecule has 1 aromatic rings. The van der Waals surface area contributed by atoms with E-state index in [4.69, 9.17) is 0 Å². The van der Waals surface area contributed by atoms with Gasteiger partial charge in [-0.15, -0.1) is 0 Å². The van der Waals surface area contributed by atoms with E-state index in [2.05, 4.69) is 10.5 Å². The van der Waals surface area contributed by atoms with Crippen LogP contribution in [-0.2, 0) is 5.85 Å². The van der Waals surface area contributed by atoms with Crippen molar-refractivity contribution in [2.75, 3.05) is 6.54 Å². The molecule has 2 aliphatic rings. The summed E-state index contributed by atoms with van der Waals surface area (Å²) in [4.78, 5) is 12.1. The van der Waals surface area contributed by atoms with E-state index in [1.807, 2.05) is 4.90 Å². The highest BCUT2D eigenvalue weighted by Crippen LogP contribution is 2.31. The molecule has 0 radical (unpaired) electrons. The maximum Gasteiger partial charge on any atom is 0.269 e. The lowest BCUT2D eigenvalue weighted by atomic mass is 10.1. The monoisotopic (exact) mass is 276 g/mol. The number of non-ortho nitro benzene ring substituents is 1. The highest BCUT2D eigenvalue weighted by Gasteiger charge is 2.43. The fourth-order valence-corrected chi connectivity index (χ4v) is 2.70. The van der Waals surface area contributed by atoms with Crippen molar-refractivity contribution >= 4 is 11.5 Å². The van der Waals surface area contributed by atoms with Crippen LogP contribution in [0.1, 0.15) is 31.2 Å². The molecule has 106 valence electrons. The lowest BCUT2D eigenvalue weighted by Crippen LogP contribution is -2.51. The van der Waals surface area contributed by atoms with Gasteiger partial charge in [-0.25, -0.2) is 0 Å². The molecule has 1 aromatic carbocycles. The van der Waals surface area contributed by atoms with E-state index >= 15 is 0 Å². The molecule has 20 heavy (non-hydrogen) atoms. The number of fused-ring (bicyclic) bond motifs is 1. The molecule has 0 bridgehead atoms. The fraction of sp³-hybridized carbons (Fsp3) is 0.462. The van der Waals surface area contributed by atoms with Crippen LogP contribution in [0.25, 0.3) is 0 Å². The normalized spacial score (nSPS) is 25.4. The largest absolute Gasteiger partial charge is 0.349 e. The first-order valence-electron chi connectivity index (χ1n) is 6.70. The van der Waals surface area contributed by atoms with Gasteiger partial charge < -0.3 is 10.0 Å². The summed E-state index contributed by atoms with van der Waals surface area (Å²) in [5.74, 6) is -0.544. The van der Waals surface area contributed by atoms with Gasteiger partial charge in [0.1, 0.15) is 5.84 Å². The molecule has 0 aromatic heterocycles. The SMILES string of the molecule is O=[N+]([O-])c1ccc(C2(O)NN=C3CCCCCN32)cc1. The van der Waals surface area contributed by atoms with Crippen molar-refractivity contribution < 1.29 is 10.0 Å². The van der Waals surface area contributed by atoms with Gasteiger partial charge in [-0.2, -0.15) is 5.10 Å². The van der Waals surface area contributed by atoms with Crippen LogP contribution in [0.4, 0.5) is 5.69 Å². The van der Waals surface area contributed by atoms with E-state index < -0.39 is 10.8 Å². The summed E-state index contributed by atoms with van der Waals surface area (Å²) in [5, 5.41) is 25.7. The highest BCUT2D eigenvalue weighted by atomic mass is 16.6. The average molecular weight is 276 g/mol. The summed E-state index contributed by atoms with van der Waals surface area (Å²) in [6.07, 6.45) is 4.01.